The van der Waals surface area contributed by atoms with Crippen molar-refractivity contribution >= 4 is 30.8 Å². The van der Waals surface area contributed by atoms with E-state index in [2.05, 4.69) is 37.0 Å². The fourth-order valence-corrected chi connectivity index (χ4v) is 4.75. The van der Waals surface area contributed by atoms with Gasteiger partial charge in [0.05, 0.1) is 27.4 Å². The van der Waals surface area contributed by atoms with Gasteiger partial charge < -0.3 is 19.2 Å². The van der Waals surface area contributed by atoms with Crippen LogP contribution in [0.25, 0.3) is 11.1 Å². The van der Waals surface area contributed by atoms with Crippen molar-refractivity contribution in [3.63, 3.8) is 0 Å². The van der Waals surface area contributed by atoms with Crippen LogP contribution in [0.4, 0.5) is 0 Å². The van der Waals surface area contributed by atoms with Crippen LogP contribution in [0, 0.1) is 25.2 Å². The lowest BCUT2D eigenvalue weighted by Crippen LogP contribution is -2.49. The second-order valence-electron chi connectivity index (χ2n) is 11.7. The molecule has 0 spiro atoms. The maximum Gasteiger partial charge on any atom is 0.309 e. The average molecular weight is 611 g/mol. The molecule has 0 radical (unpaired) electrons. The zero-order valence-corrected chi connectivity index (χ0v) is 26.7. The minimum atomic E-state index is -0.992. The molecule has 0 unspecified atom stereocenters. The van der Waals surface area contributed by atoms with Gasteiger partial charge in [0.25, 0.3) is 0 Å². The zero-order valence-electron chi connectivity index (χ0n) is 25.9. The SMILES string of the molecule is Cc1c(BOC(C)(C)C(C)(C)O)cccc1-c1cccc(COc2cc(OCc3cncc(C#N)c3)c(C=O)cc2Cl)c1C. The van der Waals surface area contributed by atoms with Gasteiger partial charge in [-0.3, -0.25) is 9.78 Å². The number of rotatable bonds is 12. The molecule has 0 saturated carbocycles. The summed E-state index contributed by atoms with van der Waals surface area (Å²) in [7, 11) is 0.373. The van der Waals surface area contributed by atoms with Gasteiger partial charge in [0.1, 0.15) is 30.8 Å². The molecular formula is C35H36BClN2O5. The van der Waals surface area contributed by atoms with Gasteiger partial charge in [-0.25, -0.2) is 0 Å². The van der Waals surface area contributed by atoms with Crippen molar-refractivity contribution in [1.29, 1.82) is 5.26 Å². The number of pyridine rings is 1. The van der Waals surface area contributed by atoms with Crippen molar-refractivity contribution in [3.05, 3.63) is 105 Å². The van der Waals surface area contributed by atoms with Crippen molar-refractivity contribution in [1.82, 2.24) is 4.98 Å². The van der Waals surface area contributed by atoms with Gasteiger partial charge in [-0.15, -0.1) is 0 Å². The van der Waals surface area contributed by atoms with E-state index in [1.54, 1.807) is 32.2 Å². The second-order valence-corrected chi connectivity index (χ2v) is 12.2. The highest BCUT2D eigenvalue weighted by Gasteiger charge is 2.35. The molecular weight excluding hydrogens is 575 g/mol. The summed E-state index contributed by atoms with van der Waals surface area (Å²) in [6.07, 6.45) is 3.75. The molecule has 0 saturated heterocycles. The van der Waals surface area contributed by atoms with Crippen LogP contribution in [0.3, 0.4) is 0 Å². The number of carbonyl (C=O) groups excluding carboxylic acids is 1. The molecule has 0 bridgehead atoms. The van der Waals surface area contributed by atoms with Gasteiger partial charge in [0.2, 0.25) is 0 Å². The molecule has 44 heavy (non-hydrogen) atoms. The van der Waals surface area contributed by atoms with Gasteiger partial charge in [0, 0.05) is 24.0 Å². The predicted molar refractivity (Wildman–Crippen MR) is 174 cm³/mol. The number of hydrogen-bond acceptors (Lipinski definition) is 7. The second kappa shape index (κ2) is 13.6. The predicted octanol–water partition coefficient (Wildman–Crippen LogP) is 6.40. The molecule has 9 heteroatoms. The lowest BCUT2D eigenvalue weighted by atomic mass is 9.78. The van der Waals surface area contributed by atoms with Crippen LogP contribution in [0.15, 0.2) is 67.0 Å². The summed E-state index contributed by atoms with van der Waals surface area (Å²) < 4.78 is 18.2. The minimum absolute atomic E-state index is 0.115. The van der Waals surface area contributed by atoms with Gasteiger partial charge in [0.15, 0.2) is 6.29 Å². The number of aliphatic hydroxyl groups is 1. The number of aromatic nitrogens is 1. The Morgan fingerprint density at radius 3 is 2.32 bits per heavy atom. The number of nitrogens with zero attached hydrogens (tertiary/aromatic N) is 2. The highest BCUT2D eigenvalue weighted by molar-refractivity contribution is 6.48. The number of halogens is 1. The van der Waals surface area contributed by atoms with Gasteiger partial charge in [-0.1, -0.05) is 48.0 Å². The van der Waals surface area contributed by atoms with E-state index in [1.807, 2.05) is 38.1 Å². The standard InChI is InChI=1S/C35H36BClN2O5/c1-22-26(9-7-10-28(22)29-11-8-12-30(23(29)2)36-44-35(5,6)34(3,4)41)21-43-33-15-32(27(19-40)14-31(33)37)42-20-25-13-24(16-38)17-39-18-25/h7-15,17-19,36,41H,20-21H2,1-6H3. The first kappa shape index (κ1) is 32.8. The third kappa shape index (κ3) is 7.49. The normalized spacial score (nSPS) is 11.5. The van der Waals surface area contributed by atoms with E-state index in [4.69, 9.17) is 31.0 Å². The Morgan fingerprint density at radius 1 is 0.955 bits per heavy atom. The first-order valence-electron chi connectivity index (χ1n) is 14.3. The highest BCUT2D eigenvalue weighted by atomic mass is 35.5. The Balaban J connectivity index is 1.54. The Kier molecular flexibility index (Phi) is 10.2. The summed E-state index contributed by atoms with van der Waals surface area (Å²) in [5.41, 5.74) is 6.04. The monoisotopic (exact) mass is 610 g/mol. The Hall–Kier alpha value is -4.16. The van der Waals surface area contributed by atoms with Crippen LogP contribution in [0.1, 0.15) is 65.9 Å². The van der Waals surface area contributed by atoms with E-state index in [-0.39, 0.29) is 18.8 Å². The summed E-state index contributed by atoms with van der Waals surface area (Å²) in [5.74, 6) is 0.695. The summed E-state index contributed by atoms with van der Waals surface area (Å²) in [4.78, 5) is 15.8. The summed E-state index contributed by atoms with van der Waals surface area (Å²) in [6.45, 7) is 11.8. The number of carbonyl (C=O) groups is 1. The van der Waals surface area contributed by atoms with Crippen LogP contribution >= 0.6 is 11.6 Å². The third-order valence-electron chi connectivity index (χ3n) is 8.14. The van der Waals surface area contributed by atoms with Gasteiger partial charge in [-0.2, -0.15) is 5.26 Å². The first-order chi connectivity index (χ1) is 20.8. The summed E-state index contributed by atoms with van der Waals surface area (Å²) in [5, 5.41) is 19.9. The fourth-order valence-electron chi connectivity index (χ4n) is 4.52. The van der Waals surface area contributed by atoms with E-state index in [0.717, 1.165) is 33.3 Å². The Bertz CT molecular complexity index is 1710. The molecule has 3 aromatic carbocycles. The van der Waals surface area contributed by atoms with Crippen LogP contribution in [-0.2, 0) is 17.9 Å². The molecule has 0 amide bonds. The molecule has 0 aliphatic rings. The van der Waals surface area contributed by atoms with Crippen LogP contribution < -0.4 is 14.9 Å². The van der Waals surface area contributed by atoms with Crippen molar-refractivity contribution in [2.24, 2.45) is 0 Å². The van der Waals surface area contributed by atoms with E-state index in [9.17, 15) is 9.90 Å². The molecule has 0 aliphatic heterocycles. The van der Waals surface area contributed by atoms with E-state index < -0.39 is 11.2 Å². The highest BCUT2D eigenvalue weighted by Crippen LogP contribution is 2.34. The van der Waals surface area contributed by atoms with Gasteiger partial charge >= 0.3 is 7.48 Å². The molecule has 1 aromatic heterocycles. The Morgan fingerprint density at radius 2 is 1.64 bits per heavy atom. The topological polar surface area (TPSA) is 102 Å². The molecule has 7 nitrogen and oxygen atoms in total. The quantitative estimate of drug-likeness (QED) is 0.146. The number of nitriles is 1. The molecule has 1 heterocycles. The first-order valence-corrected chi connectivity index (χ1v) is 14.6. The van der Waals surface area contributed by atoms with Crippen LogP contribution in [0.5, 0.6) is 11.5 Å². The van der Waals surface area contributed by atoms with E-state index >= 15 is 0 Å². The smallest absolute Gasteiger partial charge is 0.309 e. The molecule has 0 atom stereocenters. The summed E-state index contributed by atoms with van der Waals surface area (Å²) in [6, 6.07) is 19.1. The molecule has 0 fully saturated rings. The maximum atomic E-state index is 11.7. The molecule has 4 rings (SSSR count). The Labute approximate surface area is 264 Å². The van der Waals surface area contributed by atoms with Crippen molar-refractivity contribution in [2.75, 3.05) is 0 Å². The van der Waals surface area contributed by atoms with E-state index in [0.29, 0.717) is 41.4 Å². The lowest BCUT2D eigenvalue weighted by Gasteiger charge is -2.37. The fraction of sp³-hybridized carbons (Fsp3) is 0.286. The average Bonchev–Trinajstić information content (AvgIpc) is 2.99. The van der Waals surface area contributed by atoms with Crippen LogP contribution in [0.2, 0.25) is 5.02 Å². The molecule has 1 N–H and O–H groups in total. The number of ether oxygens (including phenoxy) is 2. The minimum Gasteiger partial charge on any atom is -0.488 e. The molecule has 0 aliphatic carbocycles. The van der Waals surface area contributed by atoms with Gasteiger partial charge in [-0.05, 0) is 87.0 Å². The van der Waals surface area contributed by atoms with E-state index in [1.165, 1.54) is 12.3 Å². The third-order valence-corrected chi connectivity index (χ3v) is 8.43. The van der Waals surface area contributed by atoms with Crippen molar-refractivity contribution in [2.45, 2.75) is 66.0 Å². The lowest BCUT2D eigenvalue weighted by molar-refractivity contribution is -0.0893. The number of aldehydes is 1. The molecule has 4 aromatic rings. The largest absolute Gasteiger partial charge is 0.488 e. The molecule has 226 valence electrons. The number of hydrogen-bond donors (Lipinski definition) is 1. The van der Waals surface area contributed by atoms with Crippen molar-refractivity contribution in [3.8, 4) is 28.7 Å². The van der Waals surface area contributed by atoms with Crippen molar-refractivity contribution < 1.29 is 24.0 Å². The number of benzene rings is 3. The summed E-state index contributed by atoms with van der Waals surface area (Å²) >= 11 is 6.49. The van der Waals surface area contributed by atoms with Crippen LogP contribution in [-0.4, -0.2) is 35.1 Å². The zero-order chi connectivity index (χ0) is 32.1. The maximum absolute atomic E-state index is 11.7.